The Balaban J connectivity index is 1.98. The third kappa shape index (κ3) is 4.85. The molecule has 0 unspecified atom stereocenters. The maximum absolute atomic E-state index is 12.4. The maximum atomic E-state index is 12.4. The SMILES string of the molecule is CCCN(CC(=O)Nc1c(Cl)cccc1Cl)C1CCNCC1. The number of carbonyl (C=O) groups is 1. The van der Waals surface area contributed by atoms with Gasteiger partial charge < -0.3 is 10.6 Å². The largest absolute Gasteiger partial charge is 0.322 e. The highest BCUT2D eigenvalue weighted by molar-refractivity contribution is 6.39. The molecule has 1 aliphatic rings. The van der Waals surface area contributed by atoms with E-state index in [1.165, 1.54) is 0 Å². The molecule has 1 aromatic rings. The van der Waals surface area contributed by atoms with Crippen molar-refractivity contribution in [2.45, 2.75) is 32.2 Å². The second-order valence-electron chi connectivity index (χ2n) is 5.60. The molecule has 1 aromatic carbocycles. The summed E-state index contributed by atoms with van der Waals surface area (Å²) in [5.41, 5.74) is 0.498. The predicted molar refractivity (Wildman–Crippen MR) is 92.8 cm³/mol. The zero-order chi connectivity index (χ0) is 15.9. The lowest BCUT2D eigenvalue weighted by Crippen LogP contribution is -2.46. The van der Waals surface area contributed by atoms with E-state index < -0.39 is 0 Å². The smallest absolute Gasteiger partial charge is 0.238 e. The summed E-state index contributed by atoms with van der Waals surface area (Å²) in [5, 5.41) is 7.13. The standard InChI is InChI=1S/C16H23Cl2N3O/c1-2-10-21(12-6-8-19-9-7-12)11-15(22)20-16-13(17)4-3-5-14(16)18/h3-5,12,19H,2,6-11H2,1H3,(H,20,22). The molecule has 0 aromatic heterocycles. The fraction of sp³-hybridized carbons (Fsp3) is 0.562. The molecule has 4 nitrogen and oxygen atoms in total. The minimum absolute atomic E-state index is 0.0676. The molecule has 1 amide bonds. The quantitative estimate of drug-likeness (QED) is 0.831. The molecule has 0 spiro atoms. The van der Waals surface area contributed by atoms with Crippen molar-refractivity contribution in [2.24, 2.45) is 0 Å². The number of nitrogens with zero attached hydrogens (tertiary/aromatic N) is 1. The molecule has 6 heteroatoms. The van der Waals surface area contributed by atoms with Gasteiger partial charge in [-0.3, -0.25) is 9.69 Å². The first-order valence-corrected chi connectivity index (χ1v) is 8.56. The van der Waals surface area contributed by atoms with Crippen molar-refractivity contribution in [1.82, 2.24) is 10.2 Å². The van der Waals surface area contributed by atoms with Crippen LogP contribution in [0.3, 0.4) is 0 Å². The normalized spacial score (nSPS) is 16.0. The van der Waals surface area contributed by atoms with Gasteiger partial charge in [-0.1, -0.05) is 36.2 Å². The Hall–Kier alpha value is -0.810. The molecule has 2 N–H and O–H groups in total. The van der Waals surface area contributed by atoms with Crippen LogP contribution in [0.15, 0.2) is 18.2 Å². The van der Waals surface area contributed by atoms with Gasteiger partial charge in [0.1, 0.15) is 0 Å². The number of carbonyl (C=O) groups excluding carboxylic acids is 1. The number of amides is 1. The molecule has 2 rings (SSSR count). The topological polar surface area (TPSA) is 44.4 Å². The first-order chi connectivity index (χ1) is 10.6. The van der Waals surface area contributed by atoms with Crippen LogP contribution in [0, 0.1) is 0 Å². The van der Waals surface area contributed by atoms with Crippen LogP contribution < -0.4 is 10.6 Å². The molecular formula is C16H23Cl2N3O. The van der Waals surface area contributed by atoms with Crippen LogP contribution in [0.2, 0.25) is 10.0 Å². The highest BCUT2D eigenvalue weighted by Crippen LogP contribution is 2.29. The second kappa shape index (κ2) is 8.73. The molecule has 1 saturated heterocycles. The molecule has 0 bridgehead atoms. The summed E-state index contributed by atoms with van der Waals surface area (Å²) in [6.45, 7) is 5.47. The van der Waals surface area contributed by atoms with Crippen molar-refractivity contribution in [3.05, 3.63) is 28.2 Å². The molecule has 0 saturated carbocycles. The first-order valence-electron chi connectivity index (χ1n) is 7.80. The summed E-state index contributed by atoms with van der Waals surface area (Å²) in [6, 6.07) is 5.67. The van der Waals surface area contributed by atoms with E-state index in [1.807, 2.05) is 0 Å². The minimum Gasteiger partial charge on any atom is -0.322 e. The second-order valence-corrected chi connectivity index (χ2v) is 6.41. The van der Waals surface area contributed by atoms with E-state index in [9.17, 15) is 4.79 Å². The van der Waals surface area contributed by atoms with Gasteiger partial charge in [-0.2, -0.15) is 0 Å². The lowest BCUT2D eigenvalue weighted by molar-refractivity contribution is -0.118. The number of hydrogen-bond donors (Lipinski definition) is 2. The molecule has 122 valence electrons. The van der Waals surface area contributed by atoms with E-state index in [2.05, 4.69) is 22.5 Å². The van der Waals surface area contributed by atoms with E-state index in [1.54, 1.807) is 18.2 Å². The van der Waals surface area contributed by atoms with Crippen LogP contribution in [0.5, 0.6) is 0 Å². The van der Waals surface area contributed by atoms with Gasteiger partial charge in [0.2, 0.25) is 5.91 Å². The first kappa shape index (κ1) is 17.5. The van der Waals surface area contributed by atoms with Crippen LogP contribution in [-0.2, 0) is 4.79 Å². The molecule has 0 atom stereocenters. The van der Waals surface area contributed by atoms with Crippen molar-refractivity contribution in [1.29, 1.82) is 0 Å². The van der Waals surface area contributed by atoms with E-state index >= 15 is 0 Å². The van der Waals surface area contributed by atoms with Gasteiger partial charge in [0.05, 0.1) is 22.3 Å². The molecule has 1 aliphatic heterocycles. The average molecular weight is 344 g/mol. The lowest BCUT2D eigenvalue weighted by atomic mass is 10.0. The van der Waals surface area contributed by atoms with Crippen molar-refractivity contribution >= 4 is 34.8 Å². The highest BCUT2D eigenvalue weighted by atomic mass is 35.5. The van der Waals surface area contributed by atoms with Crippen molar-refractivity contribution in [3.63, 3.8) is 0 Å². The number of halogens is 2. The number of nitrogens with one attached hydrogen (secondary N) is 2. The molecule has 0 radical (unpaired) electrons. The Morgan fingerprint density at radius 3 is 2.55 bits per heavy atom. The third-order valence-electron chi connectivity index (χ3n) is 3.91. The minimum atomic E-state index is -0.0676. The summed E-state index contributed by atoms with van der Waals surface area (Å²) in [6.07, 6.45) is 3.20. The lowest BCUT2D eigenvalue weighted by Gasteiger charge is -2.34. The Morgan fingerprint density at radius 1 is 1.32 bits per heavy atom. The van der Waals surface area contributed by atoms with Gasteiger partial charge in [-0.25, -0.2) is 0 Å². The van der Waals surface area contributed by atoms with Gasteiger partial charge in [0.15, 0.2) is 0 Å². The summed E-state index contributed by atoms with van der Waals surface area (Å²) in [7, 11) is 0. The summed E-state index contributed by atoms with van der Waals surface area (Å²) in [4.78, 5) is 14.6. The van der Waals surface area contributed by atoms with Gasteiger partial charge >= 0.3 is 0 Å². The zero-order valence-electron chi connectivity index (χ0n) is 12.9. The van der Waals surface area contributed by atoms with Gasteiger partial charge in [0, 0.05) is 6.04 Å². The van der Waals surface area contributed by atoms with E-state index in [-0.39, 0.29) is 5.91 Å². The molecule has 0 aliphatic carbocycles. The van der Waals surface area contributed by atoms with Crippen molar-refractivity contribution in [3.8, 4) is 0 Å². The number of rotatable bonds is 6. The highest BCUT2D eigenvalue weighted by Gasteiger charge is 2.22. The zero-order valence-corrected chi connectivity index (χ0v) is 14.4. The van der Waals surface area contributed by atoms with E-state index in [4.69, 9.17) is 23.2 Å². The van der Waals surface area contributed by atoms with Gasteiger partial charge in [-0.15, -0.1) is 0 Å². The molecule has 22 heavy (non-hydrogen) atoms. The summed E-state index contributed by atoms with van der Waals surface area (Å²) in [5.74, 6) is -0.0676. The average Bonchev–Trinajstić information content (AvgIpc) is 2.51. The summed E-state index contributed by atoms with van der Waals surface area (Å²) < 4.78 is 0. The maximum Gasteiger partial charge on any atom is 0.238 e. The van der Waals surface area contributed by atoms with E-state index in [0.717, 1.165) is 38.9 Å². The number of piperidine rings is 1. The fourth-order valence-electron chi connectivity index (χ4n) is 2.83. The van der Waals surface area contributed by atoms with Crippen LogP contribution in [0.1, 0.15) is 26.2 Å². The number of benzene rings is 1. The third-order valence-corrected chi connectivity index (χ3v) is 4.54. The fourth-order valence-corrected chi connectivity index (χ4v) is 3.32. The van der Waals surface area contributed by atoms with Crippen molar-refractivity contribution in [2.75, 3.05) is 31.5 Å². The Morgan fingerprint density at radius 2 is 1.95 bits per heavy atom. The van der Waals surface area contributed by atoms with Gasteiger partial charge in [0.25, 0.3) is 0 Å². The van der Waals surface area contributed by atoms with Crippen LogP contribution in [-0.4, -0.2) is 43.0 Å². The van der Waals surface area contributed by atoms with E-state index in [0.29, 0.717) is 28.3 Å². The van der Waals surface area contributed by atoms with Crippen LogP contribution in [0.4, 0.5) is 5.69 Å². The number of anilines is 1. The Bertz CT molecular complexity index is 484. The van der Waals surface area contributed by atoms with Gasteiger partial charge in [-0.05, 0) is 51.0 Å². The molecule has 1 heterocycles. The van der Waals surface area contributed by atoms with Crippen LogP contribution >= 0.6 is 23.2 Å². The Kier molecular flexibility index (Phi) is 6.96. The number of para-hydroxylation sites is 1. The molecule has 1 fully saturated rings. The summed E-state index contributed by atoms with van der Waals surface area (Å²) >= 11 is 12.2. The van der Waals surface area contributed by atoms with Crippen LogP contribution in [0.25, 0.3) is 0 Å². The number of hydrogen-bond acceptors (Lipinski definition) is 3. The predicted octanol–water partition coefficient (Wildman–Crippen LogP) is 3.40. The monoisotopic (exact) mass is 343 g/mol. The van der Waals surface area contributed by atoms with Crippen molar-refractivity contribution < 1.29 is 4.79 Å². The Labute approximate surface area is 142 Å². The molecular weight excluding hydrogens is 321 g/mol.